The summed E-state index contributed by atoms with van der Waals surface area (Å²) in [5.41, 5.74) is 2.70. The molecule has 5 rings (SSSR count). The Morgan fingerprint density at radius 2 is 1.86 bits per heavy atom. The highest BCUT2D eigenvalue weighted by atomic mass is 35.5. The molecule has 1 aliphatic heterocycles. The normalized spacial score (nSPS) is 14.7. The maximum Gasteiger partial charge on any atom is 0.338 e. The van der Waals surface area contributed by atoms with Crippen molar-refractivity contribution in [3.63, 3.8) is 0 Å². The molecule has 1 aliphatic rings. The van der Waals surface area contributed by atoms with Crippen LogP contribution in [0, 0.1) is 0 Å². The van der Waals surface area contributed by atoms with Gasteiger partial charge in [-0.25, -0.2) is 9.79 Å². The molecule has 214 valence electrons. The number of hydrogen-bond acceptors (Lipinski definition) is 7. The van der Waals surface area contributed by atoms with Crippen molar-refractivity contribution in [2.45, 2.75) is 19.6 Å². The van der Waals surface area contributed by atoms with Crippen molar-refractivity contribution in [2.75, 3.05) is 13.7 Å². The lowest BCUT2D eigenvalue weighted by molar-refractivity contribution is -0.138. The lowest BCUT2D eigenvalue weighted by Gasteiger charge is -2.25. The number of carbonyl (C=O) groups excluding carboxylic acids is 1. The number of fused-ring (bicyclic) bond motifs is 1. The topological polar surface area (TPSA) is 79.1 Å². The molecule has 0 spiro atoms. The number of esters is 1. The molecule has 0 amide bonds. The standard InChI is InChI=1S/C32H26Cl2N2O5S/c1-4-14-40-31(38)28-19(2)35-32-36(30(37)27(42-32)16-21-10-12-23(33)24(34)15-21)29(28)22-11-13-25(26(17-22)39-3)41-18-20-8-6-5-7-9-20/h4-13,15-17,29H,1,14,18H2,2-3H3/b27-16-. The number of ether oxygens (including phenoxy) is 3. The zero-order valence-corrected chi connectivity index (χ0v) is 25.1. The Kier molecular flexibility index (Phi) is 8.97. The molecular weight excluding hydrogens is 595 g/mol. The van der Waals surface area contributed by atoms with Gasteiger partial charge in [0.15, 0.2) is 16.3 Å². The van der Waals surface area contributed by atoms with Crippen LogP contribution in [-0.2, 0) is 16.1 Å². The number of carbonyl (C=O) groups is 1. The Morgan fingerprint density at radius 3 is 2.57 bits per heavy atom. The van der Waals surface area contributed by atoms with Crippen LogP contribution in [-0.4, -0.2) is 24.3 Å². The molecule has 4 aromatic rings. The van der Waals surface area contributed by atoms with E-state index in [0.717, 1.165) is 5.56 Å². The van der Waals surface area contributed by atoms with E-state index in [1.807, 2.05) is 36.4 Å². The van der Waals surface area contributed by atoms with Gasteiger partial charge in [-0.2, -0.15) is 0 Å². The fourth-order valence-corrected chi connectivity index (χ4v) is 5.93. The average molecular weight is 622 g/mol. The minimum absolute atomic E-state index is 0.0136. The number of thiazole rings is 1. The van der Waals surface area contributed by atoms with E-state index in [2.05, 4.69) is 11.6 Å². The first kappa shape index (κ1) is 29.4. The van der Waals surface area contributed by atoms with Crippen LogP contribution in [0.15, 0.2) is 100 Å². The smallest absolute Gasteiger partial charge is 0.338 e. The fourth-order valence-electron chi connectivity index (χ4n) is 4.57. The summed E-state index contributed by atoms with van der Waals surface area (Å²) in [5.74, 6) is 0.381. The second-order valence-electron chi connectivity index (χ2n) is 9.33. The molecule has 7 nitrogen and oxygen atoms in total. The fraction of sp³-hybridized carbons (Fsp3) is 0.156. The Hall–Kier alpha value is -4.11. The third-order valence-corrected chi connectivity index (χ3v) is 8.28. The second-order valence-corrected chi connectivity index (χ2v) is 11.2. The summed E-state index contributed by atoms with van der Waals surface area (Å²) in [5, 5.41) is 0.791. The molecule has 2 heterocycles. The first-order valence-electron chi connectivity index (χ1n) is 12.9. The lowest BCUT2D eigenvalue weighted by atomic mass is 9.95. The predicted molar refractivity (Wildman–Crippen MR) is 165 cm³/mol. The van der Waals surface area contributed by atoms with Gasteiger partial charge in [-0.15, -0.1) is 0 Å². The van der Waals surface area contributed by atoms with Crippen molar-refractivity contribution in [1.82, 2.24) is 4.57 Å². The van der Waals surface area contributed by atoms with Crippen LogP contribution in [0.2, 0.25) is 10.0 Å². The van der Waals surface area contributed by atoms with E-state index in [0.29, 0.717) is 54.3 Å². The highest BCUT2D eigenvalue weighted by molar-refractivity contribution is 7.07. The number of allylic oxidation sites excluding steroid dienone is 1. The van der Waals surface area contributed by atoms with Crippen LogP contribution < -0.4 is 24.4 Å². The number of aromatic nitrogens is 1. The molecule has 0 bridgehead atoms. The molecule has 3 aromatic carbocycles. The molecule has 0 radical (unpaired) electrons. The molecular formula is C32H26Cl2N2O5S. The first-order valence-corrected chi connectivity index (χ1v) is 14.5. The first-order chi connectivity index (χ1) is 20.3. The van der Waals surface area contributed by atoms with Gasteiger partial charge in [0.05, 0.1) is 39.0 Å². The molecule has 0 N–H and O–H groups in total. The maximum atomic E-state index is 13.9. The van der Waals surface area contributed by atoms with Gasteiger partial charge in [0, 0.05) is 0 Å². The molecule has 0 aliphatic carbocycles. The third-order valence-electron chi connectivity index (χ3n) is 6.56. The molecule has 1 atom stereocenters. The quantitative estimate of drug-likeness (QED) is 0.173. The number of hydrogen-bond donors (Lipinski definition) is 0. The molecule has 42 heavy (non-hydrogen) atoms. The Labute approximate surface area is 256 Å². The van der Waals surface area contributed by atoms with Gasteiger partial charge in [-0.3, -0.25) is 9.36 Å². The monoisotopic (exact) mass is 620 g/mol. The predicted octanol–water partition coefficient (Wildman–Crippen LogP) is 5.86. The molecule has 0 saturated carbocycles. The Morgan fingerprint density at radius 1 is 1.07 bits per heavy atom. The second kappa shape index (κ2) is 12.8. The van der Waals surface area contributed by atoms with E-state index in [9.17, 15) is 9.59 Å². The summed E-state index contributed by atoms with van der Waals surface area (Å²) in [6.45, 7) is 5.71. The van der Waals surface area contributed by atoms with E-state index in [1.54, 1.807) is 43.3 Å². The van der Waals surface area contributed by atoms with E-state index in [1.165, 1.54) is 29.1 Å². The van der Waals surface area contributed by atoms with Crippen molar-refractivity contribution < 1.29 is 19.0 Å². The molecule has 0 saturated heterocycles. The third kappa shape index (κ3) is 6.06. The minimum Gasteiger partial charge on any atom is -0.493 e. The van der Waals surface area contributed by atoms with Crippen LogP contribution in [0.4, 0.5) is 0 Å². The van der Waals surface area contributed by atoms with Gasteiger partial charge >= 0.3 is 5.97 Å². The summed E-state index contributed by atoms with van der Waals surface area (Å²) in [4.78, 5) is 32.3. The van der Waals surface area contributed by atoms with E-state index >= 15 is 0 Å². The Balaban J connectivity index is 1.62. The van der Waals surface area contributed by atoms with E-state index in [-0.39, 0.29) is 17.7 Å². The SMILES string of the molecule is C=CCOC(=O)C1=C(C)N=c2s/c(=C\c3ccc(Cl)c(Cl)c3)c(=O)n2C1c1ccc(OCc2ccccc2)c(OC)c1. The maximum absolute atomic E-state index is 13.9. The molecule has 1 aromatic heterocycles. The van der Waals surface area contributed by atoms with Crippen molar-refractivity contribution in [3.8, 4) is 11.5 Å². The molecule has 1 unspecified atom stereocenters. The van der Waals surface area contributed by atoms with Crippen molar-refractivity contribution in [2.24, 2.45) is 4.99 Å². The van der Waals surface area contributed by atoms with Crippen LogP contribution in [0.3, 0.4) is 0 Å². The Bertz CT molecular complexity index is 1880. The number of methoxy groups -OCH3 is 1. The van der Waals surface area contributed by atoms with E-state index in [4.69, 9.17) is 37.4 Å². The largest absolute Gasteiger partial charge is 0.493 e. The van der Waals surface area contributed by atoms with Gasteiger partial charge < -0.3 is 14.2 Å². The zero-order valence-electron chi connectivity index (χ0n) is 22.8. The van der Waals surface area contributed by atoms with Crippen LogP contribution in [0.25, 0.3) is 6.08 Å². The zero-order chi connectivity index (χ0) is 29.8. The summed E-state index contributed by atoms with van der Waals surface area (Å²) >= 11 is 13.5. The van der Waals surface area contributed by atoms with Crippen LogP contribution in [0.5, 0.6) is 11.5 Å². The van der Waals surface area contributed by atoms with Crippen LogP contribution in [0.1, 0.15) is 29.7 Å². The number of rotatable bonds is 9. The highest BCUT2D eigenvalue weighted by Gasteiger charge is 2.34. The van der Waals surface area contributed by atoms with Gasteiger partial charge in [0.1, 0.15) is 13.2 Å². The molecule has 0 fully saturated rings. The lowest BCUT2D eigenvalue weighted by Crippen LogP contribution is -2.40. The van der Waals surface area contributed by atoms with Gasteiger partial charge in [0.25, 0.3) is 5.56 Å². The summed E-state index contributed by atoms with van der Waals surface area (Å²) < 4.78 is 19.1. The van der Waals surface area contributed by atoms with E-state index < -0.39 is 12.0 Å². The summed E-state index contributed by atoms with van der Waals surface area (Å²) in [6, 6.07) is 19.4. The van der Waals surface area contributed by atoms with Crippen molar-refractivity contribution in [3.05, 3.63) is 137 Å². The van der Waals surface area contributed by atoms with Gasteiger partial charge in [-0.05, 0) is 54.0 Å². The highest BCUT2D eigenvalue weighted by Crippen LogP contribution is 2.36. The van der Waals surface area contributed by atoms with Crippen LogP contribution >= 0.6 is 34.5 Å². The minimum atomic E-state index is -0.827. The van der Waals surface area contributed by atoms with Gasteiger partial charge in [0.2, 0.25) is 0 Å². The van der Waals surface area contributed by atoms with Gasteiger partial charge in [-0.1, -0.05) is 89.7 Å². The number of nitrogens with zero attached hydrogens (tertiary/aromatic N) is 2. The molecule has 10 heteroatoms. The van der Waals surface area contributed by atoms with Crippen molar-refractivity contribution in [1.29, 1.82) is 0 Å². The number of halogens is 2. The summed E-state index contributed by atoms with van der Waals surface area (Å²) in [7, 11) is 1.54. The average Bonchev–Trinajstić information content (AvgIpc) is 3.30. The number of benzene rings is 3. The van der Waals surface area contributed by atoms with Crippen molar-refractivity contribution >= 4 is 46.6 Å². The summed E-state index contributed by atoms with van der Waals surface area (Å²) in [6.07, 6.45) is 3.20.